The molecule has 0 aromatic carbocycles. The molecule has 0 aliphatic carbocycles. The molecule has 0 heterocycles. The monoisotopic (exact) mass is 113 g/mol. The van der Waals surface area contributed by atoms with Gasteiger partial charge >= 0.3 is 0 Å². The van der Waals surface area contributed by atoms with Crippen molar-refractivity contribution in [1.29, 1.82) is 0 Å². The molecule has 3 nitrogen and oxygen atoms in total. The largest absolute Gasteiger partial charge is 0.0940 e. The van der Waals surface area contributed by atoms with Crippen LogP contribution in [0.5, 0.6) is 0 Å². The minimum Gasteiger partial charge on any atom is -0.0940 e. The normalized spacial score (nSPS) is 8.88. The first kappa shape index (κ1) is 7.31. The molecule has 0 N–H and O–H groups in total. The van der Waals surface area contributed by atoms with Crippen molar-refractivity contribution in [2.24, 2.45) is 11.0 Å². The second kappa shape index (κ2) is 4.47. The molecule has 0 unspecified atom stereocenters. The van der Waals surface area contributed by atoms with Crippen LogP contribution in [0.15, 0.2) is 5.11 Å². The van der Waals surface area contributed by atoms with Crippen molar-refractivity contribution in [1.82, 2.24) is 0 Å². The Morgan fingerprint density at radius 1 is 1.62 bits per heavy atom. The van der Waals surface area contributed by atoms with Crippen LogP contribution in [0.2, 0.25) is 0 Å². The molecule has 0 spiro atoms. The van der Waals surface area contributed by atoms with Gasteiger partial charge in [0.2, 0.25) is 0 Å². The molecule has 0 atom stereocenters. The summed E-state index contributed by atoms with van der Waals surface area (Å²) in [6.07, 6.45) is 0.990. The summed E-state index contributed by atoms with van der Waals surface area (Å²) in [5.41, 5.74) is 7.84. The highest BCUT2D eigenvalue weighted by molar-refractivity contribution is 4.49. The van der Waals surface area contributed by atoms with Crippen LogP contribution in [0.3, 0.4) is 0 Å². The number of rotatable bonds is 3. The van der Waals surface area contributed by atoms with E-state index in [0.29, 0.717) is 12.5 Å². The summed E-state index contributed by atoms with van der Waals surface area (Å²) in [4.78, 5) is 2.63. The van der Waals surface area contributed by atoms with Gasteiger partial charge in [-0.15, -0.1) is 0 Å². The summed E-state index contributed by atoms with van der Waals surface area (Å²) in [6, 6.07) is 0. The fraction of sp³-hybridized carbons (Fsp3) is 1.00. The fourth-order valence-corrected chi connectivity index (χ4v) is 0.361. The van der Waals surface area contributed by atoms with Crippen LogP contribution >= 0.6 is 0 Å². The van der Waals surface area contributed by atoms with Gasteiger partial charge in [-0.25, -0.2) is 0 Å². The van der Waals surface area contributed by atoms with Gasteiger partial charge in [0.25, 0.3) is 0 Å². The van der Waals surface area contributed by atoms with Crippen LogP contribution < -0.4 is 0 Å². The zero-order valence-electron chi connectivity index (χ0n) is 5.33. The molecular formula is C5H11N3. The van der Waals surface area contributed by atoms with Gasteiger partial charge in [-0.2, -0.15) is 0 Å². The summed E-state index contributed by atoms with van der Waals surface area (Å²) < 4.78 is 0. The van der Waals surface area contributed by atoms with Crippen molar-refractivity contribution in [3.05, 3.63) is 10.4 Å². The Bertz CT molecular complexity index is 91.8. The Hall–Kier alpha value is -0.690. The van der Waals surface area contributed by atoms with Gasteiger partial charge in [-0.3, -0.25) is 0 Å². The first-order valence-corrected chi connectivity index (χ1v) is 2.78. The number of hydrogen-bond donors (Lipinski definition) is 0. The van der Waals surface area contributed by atoms with Crippen LogP contribution in [0.1, 0.15) is 20.3 Å². The van der Waals surface area contributed by atoms with E-state index in [1.54, 1.807) is 0 Å². The van der Waals surface area contributed by atoms with Gasteiger partial charge in [0.05, 0.1) is 0 Å². The van der Waals surface area contributed by atoms with Gasteiger partial charge < -0.3 is 0 Å². The summed E-state index contributed by atoms with van der Waals surface area (Å²) in [5.74, 6) is 0.639. The standard InChI is InChI=1S/C5H11N3/c1-5(2)3-4-7-8-6/h5H,3-4H2,1-2H3. The summed E-state index contributed by atoms with van der Waals surface area (Å²) >= 11 is 0. The van der Waals surface area contributed by atoms with E-state index < -0.39 is 0 Å². The molecule has 0 saturated heterocycles. The fourth-order valence-electron chi connectivity index (χ4n) is 0.361. The lowest BCUT2D eigenvalue weighted by Gasteiger charge is -1.96. The van der Waals surface area contributed by atoms with Crippen LogP contribution in [0.25, 0.3) is 10.4 Å². The molecule has 0 rings (SSSR count). The smallest absolute Gasteiger partial charge is 0.0260 e. The molecule has 0 aromatic heterocycles. The zero-order chi connectivity index (χ0) is 6.41. The van der Waals surface area contributed by atoms with Crippen molar-refractivity contribution in [2.75, 3.05) is 6.54 Å². The van der Waals surface area contributed by atoms with Gasteiger partial charge in [0, 0.05) is 11.5 Å². The topological polar surface area (TPSA) is 48.8 Å². The predicted octanol–water partition coefficient (Wildman–Crippen LogP) is 2.34. The Kier molecular flexibility index (Phi) is 4.08. The van der Waals surface area contributed by atoms with Gasteiger partial charge in [0.1, 0.15) is 0 Å². The Balaban J connectivity index is 3.05. The molecule has 0 aromatic rings. The van der Waals surface area contributed by atoms with Crippen molar-refractivity contribution in [2.45, 2.75) is 20.3 Å². The van der Waals surface area contributed by atoms with Crippen LogP contribution in [0.4, 0.5) is 0 Å². The second-order valence-electron chi connectivity index (χ2n) is 2.14. The third kappa shape index (κ3) is 5.31. The maximum absolute atomic E-state index is 7.84. The Morgan fingerprint density at radius 2 is 2.25 bits per heavy atom. The average Bonchev–Trinajstić information content (AvgIpc) is 1.66. The van der Waals surface area contributed by atoms with E-state index in [-0.39, 0.29) is 0 Å². The van der Waals surface area contributed by atoms with E-state index >= 15 is 0 Å². The van der Waals surface area contributed by atoms with E-state index in [9.17, 15) is 0 Å². The van der Waals surface area contributed by atoms with Crippen molar-refractivity contribution >= 4 is 0 Å². The lowest BCUT2D eigenvalue weighted by molar-refractivity contribution is 0.595. The van der Waals surface area contributed by atoms with Gasteiger partial charge in [0.15, 0.2) is 0 Å². The minimum absolute atomic E-state index is 0.633. The first-order chi connectivity index (χ1) is 3.77. The maximum atomic E-state index is 7.84. The Morgan fingerprint density at radius 3 is 2.62 bits per heavy atom. The van der Waals surface area contributed by atoms with E-state index in [1.165, 1.54) is 0 Å². The molecule has 0 aliphatic rings. The molecule has 8 heavy (non-hydrogen) atoms. The van der Waals surface area contributed by atoms with E-state index in [1.807, 2.05) is 0 Å². The highest BCUT2D eigenvalue weighted by atomic mass is 15.1. The minimum atomic E-state index is 0.633. The molecule has 0 saturated carbocycles. The first-order valence-electron chi connectivity index (χ1n) is 2.78. The SMILES string of the molecule is CC(C)CCN=[N+]=[N-]. The predicted molar refractivity (Wildman–Crippen MR) is 33.5 cm³/mol. The summed E-state index contributed by atoms with van der Waals surface area (Å²) in [5, 5.41) is 3.39. The highest BCUT2D eigenvalue weighted by Crippen LogP contribution is 1.97. The van der Waals surface area contributed by atoms with E-state index in [0.717, 1.165) is 6.42 Å². The highest BCUT2D eigenvalue weighted by Gasteiger charge is 1.88. The third-order valence-corrected chi connectivity index (χ3v) is 0.870. The molecule has 0 bridgehead atoms. The quantitative estimate of drug-likeness (QED) is 0.306. The number of nitrogens with zero attached hydrogens (tertiary/aromatic N) is 3. The van der Waals surface area contributed by atoms with E-state index in [4.69, 9.17) is 5.53 Å². The molecule has 0 amide bonds. The second-order valence-corrected chi connectivity index (χ2v) is 2.14. The third-order valence-electron chi connectivity index (χ3n) is 0.870. The maximum Gasteiger partial charge on any atom is 0.0260 e. The van der Waals surface area contributed by atoms with Gasteiger partial charge in [-0.1, -0.05) is 19.0 Å². The average molecular weight is 113 g/mol. The van der Waals surface area contributed by atoms with Crippen LogP contribution in [0, 0.1) is 5.92 Å². The molecule has 46 valence electrons. The van der Waals surface area contributed by atoms with Crippen LogP contribution in [-0.4, -0.2) is 6.54 Å². The van der Waals surface area contributed by atoms with Gasteiger partial charge in [-0.05, 0) is 17.9 Å². The lowest BCUT2D eigenvalue weighted by atomic mass is 10.1. The lowest BCUT2D eigenvalue weighted by Crippen LogP contribution is -1.88. The Labute approximate surface area is 49.3 Å². The van der Waals surface area contributed by atoms with Crippen molar-refractivity contribution in [3.63, 3.8) is 0 Å². The summed E-state index contributed by atoms with van der Waals surface area (Å²) in [7, 11) is 0. The molecule has 0 aliphatic heterocycles. The number of azide groups is 1. The number of hydrogen-bond acceptors (Lipinski definition) is 1. The molecule has 0 radical (unpaired) electrons. The van der Waals surface area contributed by atoms with Crippen molar-refractivity contribution in [3.8, 4) is 0 Å². The van der Waals surface area contributed by atoms with Crippen molar-refractivity contribution < 1.29 is 0 Å². The molecule has 0 fully saturated rings. The zero-order valence-corrected chi connectivity index (χ0v) is 5.33. The van der Waals surface area contributed by atoms with E-state index in [2.05, 4.69) is 23.9 Å². The summed E-state index contributed by atoms with van der Waals surface area (Å²) in [6.45, 7) is 4.84. The molecule has 3 heteroatoms. The molecular weight excluding hydrogens is 102 g/mol. The van der Waals surface area contributed by atoms with Crippen LogP contribution in [-0.2, 0) is 0 Å².